The fraction of sp³-hybridized carbons (Fsp3) is 0.0476. The molecule has 0 radical (unpaired) electrons. The molecule has 1 amide bonds. The van der Waals surface area contributed by atoms with Crippen LogP contribution < -0.4 is 5.32 Å². The van der Waals surface area contributed by atoms with Crippen LogP contribution in [-0.2, 0) is 11.2 Å². The number of carbonyl (C=O) groups excluding carboxylic acids is 1. The van der Waals surface area contributed by atoms with Crippen molar-refractivity contribution in [1.82, 2.24) is 0 Å². The molecule has 1 heterocycles. The van der Waals surface area contributed by atoms with Gasteiger partial charge in [0.25, 0.3) is 0 Å². The van der Waals surface area contributed by atoms with Crippen molar-refractivity contribution in [2.24, 2.45) is 0 Å². The number of hydrogen-bond donors (Lipinski definition) is 2. The van der Waals surface area contributed by atoms with Crippen LogP contribution in [0.5, 0.6) is 0 Å². The Kier molecular flexibility index (Phi) is 3.89. The summed E-state index contributed by atoms with van der Waals surface area (Å²) in [5.41, 5.74) is 1.34. The van der Waals surface area contributed by atoms with E-state index in [1.807, 2.05) is 42.5 Å². The van der Waals surface area contributed by atoms with E-state index in [9.17, 15) is 14.7 Å². The predicted molar refractivity (Wildman–Crippen MR) is 99.5 cm³/mol. The fourth-order valence-electron chi connectivity index (χ4n) is 3.18. The first-order valence-electron chi connectivity index (χ1n) is 8.13. The summed E-state index contributed by atoms with van der Waals surface area (Å²) in [6.07, 6.45) is 1.57. The van der Waals surface area contributed by atoms with Crippen molar-refractivity contribution in [1.29, 1.82) is 0 Å². The van der Waals surface area contributed by atoms with E-state index in [2.05, 4.69) is 5.32 Å². The van der Waals surface area contributed by atoms with Crippen LogP contribution in [0.25, 0.3) is 21.5 Å². The van der Waals surface area contributed by atoms with Crippen LogP contribution in [0, 0.1) is 0 Å². The molecule has 5 heteroatoms. The molecular formula is C21H15NO4. The van der Waals surface area contributed by atoms with Crippen LogP contribution in [0.15, 0.2) is 71.3 Å². The maximum Gasteiger partial charge on any atom is 0.372 e. The van der Waals surface area contributed by atoms with Crippen LogP contribution in [0.1, 0.15) is 16.1 Å². The van der Waals surface area contributed by atoms with Gasteiger partial charge < -0.3 is 14.8 Å². The first kappa shape index (κ1) is 15.9. The van der Waals surface area contributed by atoms with E-state index >= 15 is 0 Å². The molecule has 2 N–H and O–H groups in total. The first-order chi connectivity index (χ1) is 12.6. The van der Waals surface area contributed by atoms with Gasteiger partial charge in [-0.2, -0.15) is 0 Å². The molecule has 3 aromatic carbocycles. The lowest BCUT2D eigenvalue weighted by atomic mass is 10.0. The molecule has 0 fully saturated rings. The lowest BCUT2D eigenvalue weighted by molar-refractivity contribution is -0.115. The van der Waals surface area contributed by atoms with Gasteiger partial charge in [-0.15, -0.1) is 0 Å². The summed E-state index contributed by atoms with van der Waals surface area (Å²) in [5, 5.41) is 15.2. The molecule has 4 aromatic rings. The Hall–Kier alpha value is -3.60. The predicted octanol–water partition coefficient (Wildman–Crippen LogP) is 4.47. The molecular weight excluding hydrogens is 330 g/mol. The number of carboxylic acids is 1. The summed E-state index contributed by atoms with van der Waals surface area (Å²) in [6, 6.07) is 18.9. The quantitative estimate of drug-likeness (QED) is 0.572. The Labute approximate surface area is 148 Å². The number of rotatable bonds is 4. The molecule has 26 heavy (non-hydrogen) atoms. The normalized spacial score (nSPS) is 10.9. The number of nitrogens with one attached hydrogen (secondary N) is 1. The van der Waals surface area contributed by atoms with Gasteiger partial charge in [-0.25, -0.2) is 4.79 Å². The first-order valence-corrected chi connectivity index (χ1v) is 8.13. The van der Waals surface area contributed by atoms with Crippen LogP contribution in [-0.4, -0.2) is 17.0 Å². The highest BCUT2D eigenvalue weighted by Crippen LogP contribution is 2.29. The van der Waals surface area contributed by atoms with Crippen molar-refractivity contribution >= 4 is 39.1 Å². The van der Waals surface area contributed by atoms with Gasteiger partial charge in [0.1, 0.15) is 0 Å². The molecule has 5 nitrogen and oxygen atoms in total. The van der Waals surface area contributed by atoms with Crippen LogP contribution in [0.3, 0.4) is 0 Å². The summed E-state index contributed by atoms with van der Waals surface area (Å²) in [4.78, 5) is 23.9. The summed E-state index contributed by atoms with van der Waals surface area (Å²) in [7, 11) is 0. The second-order valence-corrected chi connectivity index (χ2v) is 6.00. The molecule has 0 spiro atoms. The van der Waals surface area contributed by atoms with Gasteiger partial charge in [0.2, 0.25) is 11.7 Å². The van der Waals surface area contributed by atoms with Gasteiger partial charge in [-0.1, -0.05) is 54.6 Å². The molecule has 0 aliphatic rings. The Morgan fingerprint density at radius 1 is 0.923 bits per heavy atom. The maximum absolute atomic E-state index is 12.6. The van der Waals surface area contributed by atoms with Gasteiger partial charge in [-0.05, 0) is 22.4 Å². The standard InChI is InChI=1S/C21H15NO4/c23-18(11-14-7-3-6-13-5-1-2-9-16(13)14)22-17-10-4-8-15-12-26-20(19(15)17)21(24)25/h1-10,12H,11H2,(H,22,23)(H,24,25). The smallest absolute Gasteiger partial charge is 0.372 e. The van der Waals surface area contributed by atoms with Gasteiger partial charge >= 0.3 is 5.97 Å². The Balaban J connectivity index is 1.66. The number of carbonyl (C=O) groups is 2. The highest BCUT2D eigenvalue weighted by molar-refractivity contribution is 6.10. The van der Waals surface area contributed by atoms with Crippen molar-refractivity contribution < 1.29 is 19.1 Å². The average molecular weight is 345 g/mol. The number of amides is 1. The lowest BCUT2D eigenvalue weighted by Gasteiger charge is -2.09. The zero-order valence-electron chi connectivity index (χ0n) is 13.7. The van der Waals surface area contributed by atoms with Crippen LogP contribution in [0.2, 0.25) is 0 Å². The maximum atomic E-state index is 12.6. The van der Waals surface area contributed by atoms with E-state index in [-0.39, 0.29) is 18.1 Å². The monoisotopic (exact) mass is 345 g/mol. The second-order valence-electron chi connectivity index (χ2n) is 6.00. The third-order valence-electron chi connectivity index (χ3n) is 4.33. The molecule has 0 unspecified atom stereocenters. The Morgan fingerprint density at radius 3 is 2.50 bits per heavy atom. The van der Waals surface area contributed by atoms with Crippen molar-refractivity contribution in [2.75, 3.05) is 5.32 Å². The Morgan fingerprint density at radius 2 is 1.65 bits per heavy atom. The van der Waals surface area contributed by atoms with Gasteiger partial charge in [0.15, 0.2) is 0 Å². The van der Waals surface area contributed by atoms with E-state index in [0.29, 0.717) is 16.5 Å². The highest BCUT2D eigenvalue weighted by Gasteiger charge is 2.18. The van der Waals surface area contributed by atoms with E-state index in [4.69, 9.17) is 4.42 Å². The summed E-state index contributed by atoms with van der Waals surface area (Å²) in [6.45, 7) is 0. The van der Waals surface area contributed by atoms with Gasteiger partial charge in [0.05, 0.1) is 23.8 Å². The zero-order valence-corrected chi connectivity index (χ0v) is 13.7. The van der Waals surface area contributed by atoms with Crippen LogP contribution in [0.4, 0.5) is 5.69 Å². The van der Waals surface area contributed by atoms with Crippen molar-refractivity contribution in [3.8, 4) is 0 Å². The molecule has 0 saturated heterocycles. The van der Waals surface area contributed by atoms with Gasteiger partial charge in [-0.3, -0.25) is 4.79 Å². The average Bonchev–Trinajstić information content (AvgIpc) is 3.07. The summed E-state index contributed by atoms with van der Waals surface area (Å²) < 4.78 is 5.12. The third-order valence-corrected chi connectivity index (χ3v) is 4.33. The number of furan rings is 1. The third kappa shape index (κ3) is 2.80. The number of anilines is 1. The molecule has 0 aliphatic carbocycles. The summed E-state index contributed by atoms with van der Waals surface area (Å²) >= 11 is 0. The van der Waals surface area contributed by atoms with Crippen LogP contribution >= 0.6 is 0 Å². The fourth-order valence-corrected chi connectivity index (χ4v) is 3.18. The minimum Gasteiger partial charge on any atom is -0.475 e. The lowest BCUT2D eigenvalue weighted by Crippen LogP contribution is -2.15. The van der Waals surface area contributed by atoms with Gasteiger partial charge in [0, 0.05) is 5.39 Å². The topological polar surface area (TPSA) is 79.5 Å². The van der Waals surface area contributed by atoms with E-state index in [0.717, 1.165) is 16.3 Å². The van der Waals surface area contributed by atoms with Crippen molar-refractivity contribution in [3.05, 3.63) is 78.3 Å². The molecule has 0 bridgehead atoms. The molecule has 0 atom stereocenters. The number of carboxylic acid groups (broad SMARTS) is 1. The number of aromatic carboxylic acids is 1. The zero-order chi connectivity index (χ0) is 18.1. The molecule has 4 rings (SSSR count). The van der Waals surface area contributed by atoms with Crippen molar-refractivity contribution in [3.63, 3.8) is 0 Å². The number of fused-ring (bicyclic) bond motifs is 2. The SMILES string of the molecule is O=C(Cc1cccc2ccccc12)Nc1cccc2coc(C(=O)O)c12. The minimum atomic E-state index is -1.17. The molecule has 0 aliphatic heterocycles. The summed E-state index contributed by atoms with van der Waals surface area (Å²) in [5.74, 6) is -1.57. The molecule has 1 aromatic heterocycles. The second kappa shape index (κ2) is 6.37. The molecule has 0 saturated carbocycles. The van der Waals surface area contributed by atoms with Crippen molar-refractivity contribution in [2.45, 2.75) is 6.42 Å². The van der Waals surface area contributed by atoms with E-state index in [1.165, 1.54) is 6.26 Å². The highest BCUT2D eigenvalue weighted by atomic mass is 16.4. The number of hydrogen-bond acceptors (Lipinski definition) is 3. The number of benzene rings is 3. The molecule has 128 valence electrons. The van der Waals surface area contributed by atoms with E-state index in [1.54, 1.807) is 18.2 Å². The minimum absolute atomic E-state index is 0.180. The largest absolute Gasteiger partial charge is 0.475 e. The Bertz CT molecular complexity index is 1140. The van der Waals surface area contributed by atoms with E-state index < -0.39 is 5.97 Å².